The van der Waals surface area contributed by atoms with Crippen LogP contribution in [0.3, 0.4) is 0 Å². The second-order valence-corrected chi connectivity index (χ2v) is 2.16. The maximum atomic E-state index is 11.0. The largest absolute Gasteiger partial charge is 0.346 e. The van der Waals surface area contributed by atoms with Gasteiger partial charge in [-0.25, -0.2) is 0 Å². The van der Waals surface area contributed by atoms with E-state index in [0.29, 0.717) is 13.2 Å². The van der Waals surface area contributed by atoms with Crippen LogP contribution in [-0.2, 0) is 19.1 Å². The summed E-state index contributed by atoms with van der Waals surface area (Å²) < 4.78 is 9.83. The summed E-state index contributed by atoms with van der Waals surface area (Å²) in [5, 5.41) is 0. The Bertz CT molecular complexity index is 158. The van der Waals surface area contributed by atoms with Crippen molar-refractivity contribution in [2.24, 2.45) is 0 Å². The molecule has 0 amide bonds. The first-order chi connectivity index (χ1) is 5.63. The normalized spacial score (nSPS) is 10.3. The SMILES string of the molecule is CCOC(OCC)C(=O)C(C)=O. The lowest BCUT2D eigenvalue weighted by atomic mass is 10.3. The molecule has 0 radical (unpaired) electrons. The molecule has 4 heteroatoms. The van der Waals surface area contributed by atoms with Crippen molar-refractivity contribution in [1.82, 2.24) is 0 Å². The van der Waals surface area contributed by atoms with E-state index in [9.17, 15) is 9.59 Å². The molecule has 0 aliphatic heterocycles. The van der Waals surface area contributed by atoms with Gasteiger partial charge in [0, 0.05) is 20.1 Å². The highest BCUT2D eigenvalue weighted by Gasteiger charge is 2.22. The average molecular weight is 174 g/mol. The number of ether oxygens (including phenoxy) is 2. The van der Waals surface area contributed by atoms with Crippen molar-refractivity contribution in [1.29, 1.82) is 0 Å². The summed E-state index contributed by atoms with van der Waals surface area (Å²) in [4.78, 5) is 21.6. The molecular weight excluding hydrogens is 160 g/mol. The highest BCUT2D eigenvalue weighted by Crippen LogP contribution is 1.97. The molecule has 12 heavy (non-hydrogen) atoms. The average Bonchev–Trinajstić information content (AvgIpc) is 2.03. The van der Waals surface area contributed by atoms with Crippen molar-refractivity contribution in [2.45, 2.75) is 27.1 Å². The van der Waals surface area contributed by atoms with Crippen molar-refractivity contribution in [3.63, 3.8) is 0 Å². The molecule has 70 valence electrons. The number of rotatable bonds is 6. The van der Waals surface area contributed by atoms with E-state index in [2.05, 4.69) is 0 Å². The van der Waals surface area contributed by atoms with Crippen LogP contribution in [0.5, 0.6) is 0 Å². The standard InChI is InChI=1S/C8H14O4/c1-4-11-8(12-5-2)7(10)6(3)9/h8H,4-5H2,1-3H3. The van der Waals surface area contributed by atoms with E-state index in [-0.39, 0.29) is 0 Å². The zero-order valence-corrected chi connectivity index (χ0v) is 7.62. The number of carbonyl (C=O) groups excluding carboxylic acids is 2. The predicted molar refractivity (Wildman–Crippen MR) is 42.7 cm³/mol. The second-order valence-electron chi connectivity index (χ2n) is 2.16. The molecule has 0 aliphatic rings. The Morgan fingerprint density at radius 3 is 1.83 bits per heavy atom. The molecule has 0 aromatic carbocycles. The van der Waals surface area contributed by atoms with Crippen molar-refractivity contribution < 1.29 is 19.1 Å². The van der Waals surface area contributed by atoms with E-state index in [1.165, 1.54) is 6.92 Å². The fourth-order valence-electron chi connectivity index (χ4n) is 0.668. The van der Waals surface area contributed by atoms with E-state index >= 15 is 0 Å². The van der Waals surface area contributed by atoms with Crippen LogP contribution in [-0.4, -0.2) is 31.1 Å². The molecule has 0 spiro atoms. The van der Waals surface area contributed by atoms with Gasteiger partial charge in [-0.2, -0.15) is 0 Å². The first kappa shape index (κ1) is 11.3. The quantitative estimate of drug-likeness (QED) is 0.435. The summed E-state index contributed by atoms with van der Waals surface area (Å²) >= 11 is 0. The molecule has 0 unspecified atom stereocenters. The van der Waals surface area contributed by atoms with Crippen LogP contribution < -0.4 is 0 Å². The van der Waals surface area contributed by atoms with E-state index in [1.807, 2.05) is 0 Å². The minimum absolute atomic E-state index is 0.351. The summed E-state index contributed by atoms with van der Waals surface area (Å²) in [5.74, 6) is -1.17. The fraction of sp³-hybridized carbons (Fsp3) is 0.750. The summed E-state index contributed by atoms with van der Waals surface area (Å²) in [5.41, 5.74) is 0. The zero-order chi connectivity index (χ0) is 9.56. The lowest BCUT2D eigenvalue weighted by Gasteiger charge is -2.13. The van der Waals surface area contributed by atoms with Crippen LogP contribution in [0.1, 0.15) is 20.8 Å². The van der Waals surface area contributed by atoms with E-state index < -0.39 is 17.9 Å². The molecular formula is C8H14O4. The van der Waals surface area contributed by atoms with E-state index in [1.54, 1.807) is 13.8 Å². The first-order valence-corrected chi connectivity index (χ1v) is 3.91. The highest BCUT2D eigenvalue weighted by atomic mass is 16.7. The summed E-state index contributed by atoms with van der Waals surface area (Å²) in [7, 11) is 0. The Balaban J connectivity index is 4.08. The van der Waals surface area contributed by atoms with Crippen LogP contribution >= 0.6 is 0 Å². The molecule has 0 bridgehead atoms. The maximum Gasteiger partial charge on any atom is 0.253 e. The molecule has 0 aliphatic carbocycles. The summed E-state index contributed by atoms with van der Waals surface area (Å²) in [6.07, 6.45) is -1.02. The van der Waals surface area contributed by atoms with E-state index in [4.69, 9.17) is 9.47 Å². The molecule has 4 nitrogen and oxygen atoms in total. The van der Waals surface area contributed by atoms with Crippen LogP contribution in [0.4, 0.5) is 0 Å². The molecule has 0 fully saturated rings. The maximum absolute atomic E-state index is 11.0. The highest BCUT2D eigenvalue weighted by molar-refractivity contribution is 6.37. The Hall–Kier alpha value is -0.740. The van der Waals surface area contributed by atoms with Crippen LogP contribution in [0.2, 0.25) is 0 Å². The van der Waals surface area contributed by atoms with Gasteiger partial charge >= 0.3 is 0 Å². The molecule has 0 saturated carbocycles. The number of Topliss-reactive ketones (excluding diaryl/α,β-unsaturated/α-hetero) is 2. The summed E-state index contributed by atoms with van der Waals surface area (Å²) in [6.45, 7) is 5.37. The summed E-state index contributed by atoms with van der Waals surface area (Å²) in [6, 6.07) is 0. The van der Waals surface area contributed by atoms with Gasteiger partial charge in [-0.3, -0.25) is 9.59 Å². The van der Waals surface area contributed by atoms with Crippen molar-refractivity contribution in [3.8, 4) is 0 Å². The van der Waals surface area contributed by atoms with Gasteiger partial charge in [-0.15, -0.1) is 0 Å². The van der Waals surface area contributed by atoms with Crippen LogP contribution in [0.15, 0.2) is 0 Å². The molecule has 0 atom stereocenters. The molecule has 0 heterocycles. The Morgan fingerprint density at radius 2 is 1.58 bits per heavy atom. The Kier molecular flexibility index (Phi) is 5.49. The van der Waals surface area contributed by atoms with Gasteiger partial charge in [-0.1, -0.05) is 0 Å². The van der Waals surface area contributed by atoms with Gasteiger partial charge in [0.15, 0.2) is 0 Å². The van der Waals surface area contributed by atoms with Crippen molar-refractivity contribution in [3.05, 3.63) is 0 Å². The third kappa shape index (κ3) is 3.59. The number of hydrogen-bond donors (Lipinski definition) is 0. The monoisotopic (exact) mass is 174 g/mol. The molecule has 0 aromatic rings. The van der Waals surface area contributed by atoms with Crippen LogP contribution in [0.25, 0.3) is 0 Å². The molecule has 0 N–H and O–H groups in total. The third-order valence-corrected chi connectivity index (χ3v) is 1.20. The third-order valence-electron chi connectivity index (χ3n) is 1.20. The topological polar surface area (TPSA) is 52.6 Å². The van der Waals surface area contributed by atoms with Gasteiger partial charge in [-0.05, 0) is 13.8 Å². The zero-order valence-electron chi connectivity index (χ0n) is 7.62. The van der Waals surface area contributed by atoms with E-state index in [0.717, 1.165) is 0 Å². The van der Waals surface area contributed by atoms with Gasteiger partial charge < -0.3 is 9.47 Å². The minimum Gasteiger partial charge on any atom is -0.346 e. The lowest BCUT2D eigenvalue weighted by Crippen LogP contribution is -2.32. The number of ketones is 2. The number of carbonyl (C=O) groups is 2. The van der Waals surface area contributed by atoms with Crippen LogP contribution in [0, 0.1) is 0 Å². The van der Waals surface area contributed by atoms with Crippen molar-refractivity contribution >= 4 is 11.6 Å². The first-order valence-electron chi connectivity index (χ1n) is 3.91. The number of hydrogen-bond acceptors (Lipinski definition) is 4. The Morgan fingerprint density at radius 1 is 1.17 bits per heavy atom. The molecule has 0 aromatic heterocycles. The lowest BCUT2D eigenvalue weighted by molar-refractivity contribution is -0.170. The predicted octanol–water partition coefficient (Wildman–Crippen LogP) is 0.544. The van der Waals surface area contributed by atoms with Gasteiger partial charge in [0.25, 0.3) is 5.78 Å². The smallest absolute Gasteiger partial charge is 0.253 e. The molecule has 0 rings (SSSR count). The second kappa shape index (κ2) is 5.85. The van der Waals surface area contributed by atoms with Gasteiger partial charge in [0.05, 0.1) is 0 Å². The fourth-order valence-corrected chi connectivity index (χ4v) is 0.668. The molecule has 0 saturated heterocycles. The Labute approximate surface area is 71.8 Å². The van der Waals surface area contributed by atoms with Gasteiger partial charge in [0.1, 0.15) is 0 Å². The minimum atomic E-state index is -1.02. The van der Waals surface area contributed by atoms with Crippen molar-refractivity contribution in [2.75, 3.05) is 13.2 Å². The van der Waals surface area contributed by atoms with Gasteiger partial charge in [0.2, 0.25) is 12.1 Å².